The van der Waals surface area contributed by atoms with E-state index >= 15 is 0 Å². The van der Waals surface area contributed by atoms with Gasteiger partial charge in [-0.25, -0.2) is 8.42 Å². The molecule has 0 aliphatic carbocycles. The summed E-state index contributed by atoms with van der Waals surface area (Å²) in [6.07, 6.45) is 1.27. The van der Waals surface area contributed by atoms with Crippen molar-refractivity contribution in [3.05, 3.63) is 131 Å². The molecule has 0 unspecified atom stereocenters. The van der Waals surface area contributed by atoms with Crippen molar-refractivity contribution in [2.24, 2.45) is 0 Å². The molecular weight excluding hydrogens is 622 g/mol. The molecule has 0 aliphatic rings. The van der Waals surface area contributed by atoms with Gasteiger partial charge in [0.25, 0.3) is 0 Å². The van der Waals surface area contributed by atoms with Crippen LogP contribution < -0.4 is 14.4 Å². The van der Waals surface area contributed by atoms with Crippen LogP contribution in [0.2, 0.25) is 5.02 Å². The summed E-state index contributed by atoms with van der Waals surface area (Å²) in [5.41, 5.74) is 2.28. The van der Waals surface area contributed by atoms with Gasteiger partial charge in [0, 0.05) is 23.5 Å². The minimum Gasteiger partial charge on any atom is -0.489 e. The Morgan fingerprint density at radius 1 is 0.826 bits per heavy atom. The third-order valence-electron chi connectivity index (χ3n) is 7.06. The number of carbonyl (C=O) groups excluding carboxylic acids is 2. The number of nitrogens with zero attached hydrogens (tertiary/aromatic N) is 2. The van der Waals surface area contributed by atoms with Crippen molar-refractivity contribution in [3.8, 4) is 5.75 Å². The molecule has 4 aromatic carbocycles. The molecule has 0 radical (unpaired) electrons. The monoisotopic (exact) mass is 661 g/mol. The summed E-state index contributed by atoms with van der Waals surface area (Å²) in [4.78, 5) is 29.6. The maximum absolute atomic E-state index is 14.3. The normalized spacial score (nSPS) is 12.2. The predicted molar refractivity (Wildman–Crippen MR) is 183 cm³/mol. The molecule has 0 aromatic heterocycles. The van der Waals surface area contributed by atoms with Crippen molar-refractivity contribution < 1.29 is 22.7 Å². The molecule has 0 saturated carbocycles. The van der Waals surface area contributed by atoms with Gasteiger partial charge in [-0.15, -0.1) is 0 Å². The number of hydrogen-bond acceptors (Lipinski definition) is 5. The molecule has 1 N–H and O–H groups in total. The number of anilines is 1. The lowest BCUT2D eigenvalue weighted by Gasteiger charge is -2.35. The van der Waals surface area contributed by atoms with Gasteiger partial charge in [-0.1, -0.05) is 84.4 Å². The van der Waals surface area contributed by atoms with Gasteiger partial charge < -0.3 is 15.0 Å². The summed E-state index contributed by atoms with van der Waals surface area (Å²) in [7, 11) is -3.90. The summed E-state index contributed by atoms with van der Waals surface area (Å²) in [6.45, 7) is 5.48. The molecule has 242 valence electrons. The number of halogens is 1. The number of nitrogens with one attached hydrogen (secondary N) is 1. The molecule has 2 amide bonds. The standard InChI is InChI=1S/C36H40ClN3O5S/c1-36(2,3)38-35(42)33(23-27-12-7-5-8-13-27)39(24-29-16-11-17-30(37)22-29)34(41)25-40(46(4,43)44)31-18-20-32(21-19-31)45-26-28-14-9-6-10-15-28/h5-22,33H,23-26H2,1-4H3,(H,38,42)/t33-/m0/s1. The van der Waals surface area contributed by atoms with Crippen LogP contribution >= 0.6 is 11.6 Å². The van der Waals surface area contributed by atoms with E-state index in [0.717, 1.165) is 21.7 Å². The first-order valence-corrected chi connectivity index (χ1v) is 17.2. The van der Waals surface area contributed by atoms with Gasteiger partial charge in [-0.05, 0) is 73.9 Å². The molecule has 0 fully saturated rings. The Hall–Kier alpha value is -4.34. The summed E-state index contributed by atoms with van der Waals surface area (Å²) < 4.78 is 33.1. The third-order valence-corrected chi connectivity index (χ3v) is 8.44. The number of amides is 2. The third kappa shape index (κ3) is 10.4. The fraction of sp³-hybridized carbons (Fsp3) is 0.278. The smallest absolute Gasteiger partial charge is 0.244 e. The molecule has 4 rings (SSSR count). The van der Waals surface area contributed by atoms with Gasteiger partial charge in [0.1, 0.15) is 24.9 Å². The SMILES string of the molecule is CC(C)(C)NC(=O)[C@H](Cc1ccccc1)N(Cc1cccc(Cl)c1)C(=O)CN(c1ccc(OCc2ccccc2)cc1)S(C)(=O)=O. The molecular formula is C36H40ClN3O5S. The Bertz CT molecular complexity index is 1710. The van der Waals surface area contributed by atoms with E-state index in [1.807, 2.05) is 87.5 Å². The minimum atomic E-state index is -3.90. The van der Waals surface area contributed by atoms with E-state index in [9.17, 15) is 18.0 Å². The van der Waals surface area contributed by atoms with Crippen molar-refractivity contribution in [1.29, 1.82) is 0 Å². The average Bonchev–Trinajstić information content (AvgIpc) is 3.00. The van der Waals surface area contributed by atoms with Crippen LogP contribution in [0.25, 0.3) is 0 Å². The van der Waals surface area contributed by atoms with Gasteiger partial charge in [-0.3, -0.25) is 13.9 Å². The van der Waals surface area contributed by atoms with Crippen molar-refractivity contribution >= 4 is 39.1 Å². The molecule has 1 atom stereocenters. The van der Waals surface area contributed by atoms with Crippen LogP contribution in [0.1, 0.15) is 37.5 Å². The second-order valence-electron chi connectivity index (χ2n) is 12.1. The van der Waals surface area contributed by atoms with Crippen LogP contribution in [0, 0.1) is 0 Å². The predicted octanol–water partition coefficient (Wildman–Crippen LogP) is 6.24. The number of ether oxygens (including phenoxy) is 1. The highest BCUT2D eigenvalue weighted by Crippen LogP contribution is 2.24. The fourth-order valence-electron chi connectivity index (χ4n) is 4.90. The van der Waals surface area contributed by atoms with Crippen LogP contribution in [0.5, 0.6) is 5.75 Å². The number of benzene rings is 4. The zero-order valence-electron chi connectivity index (χ0n) is 26.5. The summed E-state index contributed by atoms with van der Waals surface area (Å²) in [5.74, 6) is -0.339. The fourth-order valence-corrected chi connectivity index (χ4v) is 5.96. The van der Waals surface area contributed by atoms with Crippen LogP contribution in [-0.2, 0) is 39.2 Å². The van der Waals surface area contributed by atoms with E-state index < -0.39 is 34.1 Å². The van der Waals surface area contributed by atoms with Crippen molar-refractivity contribution in [3.63, 3.8) is 0 Å². The molecule has 0 spiro atoms. The number of sulfonamides is 1. The van der Waals surface area contributed by atoms with E-state index in [4.69, 9.17) is 16.3 Å². The van der Waals surface area contributed by atoms with Crippen molar-refractivity contribution in [2.45, 2.75) is 51.9 Å². The first-order chi connectivity index (χ1) is 21.8. The molecule has 0 saturated heterocycles. The Labute approximate surface area is 277 Å². The molecule has 8 nitrogen and oxygen atoms in total. The lowest BCUT2D eigenvalue weighted by molar-refractivity contribution is -0.140. The highest BCUT2D eigenvalue weighted by molar-refractivity contribution is 7.92. The average molecular weight is 662 g/mol. The van der Waals surface area contributed by atoms with Gasteiger partial charge >= 0.3 is 0 Å². The topological polar surface area (TPSA) is 96.0 Å². The Balaban J connectivity index is 1.66. The molecule has 4 aromatic rings. The maximum atomic E-state index is 14.3. The Morgan fingerprint density at radius 2 is 1.41 bits per heavy atom. The van der Waals surface area contributed by atoms with Crippen LogP contribution in [-0.4, -0.2) is 49.5 Å². The van der Waals surface area contributed by atoms with Crippen LogP contribution in [0.4, 0.5) is 5.69 Å². The molecule has 0 bridgehead atoms. The molecule has 0 aliphatic heterocycles. The Kier molecular flexibility index (Phi) is 11.5. The number of rotatable bonds is 13. The molecule has 46 heavy (non-hydrogen) atoms. The van der Waals surface area contributed by atoms with Gasteiger partial charge in [-0.2, -0.15) is 0 Å². The number of hydrogen-bond donors (Lipinski definition) is 1. The lowest BCUT2D eigenvalue weighted by Crippen LogP contribution is -2.56. The second kappa shape index (κ2) is 15.3. The molecule has 0 heterocycles. The zero-order valence-corrected chi connectivity index (χ0v) is 28.1. The first kappa shape index (κ1) is 34.5. The van der Waals surface area contributed by atoms with E-state index in [1.54, 1.807) is 42.5 Å². The molecule has 10 heteroatoms. The highest BCUT2D eigenvalue weighted by atomic mass is 35.5. The van der Waals surface area contributed by atoms with Gasteiger partial charge in [0.05, 0.1) is 11.9 Å². The second-order valence-corrected chi connectivity index (χ2v) is 14.5. The van der Waals surface area contributed by atoms with Gasteiger partial charge in [0.15, 0.2) is 0 Å². The van der Waals surface area contributed by atoms with E-state index in [2.05, 4.69) is 5.32 Å². The summed E-state index contributed by atoms with van der Waals surface area (Å²) >= 11 is 6.28. The zero-order chi connectivity index (χ0) is 33.3. The largest absolute Gasteiger partial charge is 0.489 e. The van der Waals surface area contributed by atoms with Crippen molar-refractivity contribution in [1.82, 2.24) is 10.2 Å². The van der Waals surface area contributed by atoms with Crippen LogP contribution in [0.3, 0.4) is 0 Å². The van der Waals surface area contributed by atoms with E-state index in [-0.39, 0.29) is 18.9 Å². The lowest BCUT2D eigenvalue weighted by atomic mass is 10.0. The van der Waals surface area contributed by atoms with E-state index in [0.29, 0.717) is 28.6 Å². The highest BCUT2D eigenvalue weighted by Gasteiger charge is 2.34. The Morgan fingerprint density at radius 3 is 1.98 bits per heavy atom. The summed E-state index contributed by atoms with van der Waals surface area (Å²) in [6, 6.07) is 31.7. The number of carbonyl (C=O) groups is 2. The minimum absolute atomic E-state index is 0.0400. The van der Waals surface area contributed by atoms with Crippen molar-refractivity contribution in [2.75, 3.05) is 17.1 Å². The van der Waals surface area contributed by atoms with Gasteiger partial charge in [0.2, 0.25) is 21.8 Å². The quantitative estimate of drug-likeness (QED) is 0.183. The van der Waals surface area contributed by atoms with Crippen LogP contribution in [0.15, 0.2) is 109 Å². The maximum Gasteiger partial charge on any atom is 0.244 e. The summed E-state index contributed by atoms with van der Waals surface area (Å²) in [5, 5.41) is 3.49. The first-order valence-electron chi connectivity index (χ1n) is 14.9. The van der Waals surface area contributed by atoms with E-state index in [1.165, 1.54) is 4.90 Å².